The zero-order valence-electron chi connectivity index (χ0n) is 35.6. The number of piperazine rings is 1. The van der Waals surface area contributed by atoms with E-state index in [0.717, 1.165) is 93.4 Å². The lowest BCUT2D eigenvalue weighted by Crippen LogP contribution is -2.54. The van der Waals surface area contributed by atoms with Gasteiger partial charge in [-0.2, -0.15) is 10.1 Å². The molecule has 2 aromatic heterocycles. The van der Waals surface area contributed by atoms with Crippen LogP contribution in [-0.2, 0) is 29.7 Å². The number of ether oxygens (including phenoxy) is 1. The quantitative estimate of drug-likeness (QED) is 0.269. The van der Waals surface area contributed by atoms with E-state index in [0.29, 0.717) is 72.3 Å². The average molecular weight is 840 g/mol. The molecule has 10 rings (SSSR count). The molecular weight excluding hydrogens is 787 g/mol. The molecule has 0 aliphatic carbocycles. The molecule has 0 radical (unpaired) electrons. The number of amides is 4. The van der Waals surface area contributed by atoms with Crippen LogP contribution in [0.15, 0.2) is 59.7 Å². The number of nitrogens with zero attached hydrogens (tertiary/aromatic N) is 9. The van der Waals surface area contributed by atoms with E-state index in [1.807, 2.05) is 26.1 Å². The second-order valence-corrected chi connectivity index (χ2v) is 17.9. The number of guanidine groups is 1. The summed E-state index contributed by atoms with van der Waals surface area (Å²) in [5.41, 5.74) is 8.50. The average Bonchev–Trinajstić information content (AvgIpc) is 3.89. The summed E-state index contributed by atoms with van der Waals surface area (Å²) < 4.78 is 7.97. The van der Waals surface area contributed by atoms with E-state index < -0.39 is 6.04 Å². The second-order valence-electron chi connectivity index (χ2n) is 17.9. The number of fused-ring (bicyclic) bond motifs is 8. The third kappa shape index (κ3) is 7.81. The van der Waals surface area contributed by atoms with Gasteiger partial charge in [-0.1, -0.05) is 13.0 Å². The molecule has 2 bridgehead atoms. The third-order valence-corrected chi connectivity index (χ3v) is 13.2. The topological polar surface area (TPSA) is 161 Å². The molecule has 6 aliphatic heterocycles. The number of anilines is 3. The molecule has 0 spiro atoms. The molecule has 3 saturated heterocycles. The molecule has 62 heavy (non-hydrogen) atoms. The minimum atomic E-state index is -0.601. The molecule has 2 atom stereocenters. The van der Waals surface area contributed by atoms with Gasteiger partial charge in [0, 0.05) is 107 Å². The Morgan fingerprint density at radius 1 is 0.887 bits per heavy atom. The predicted molar refractivity (Wildman–Crippen MR) is 234 cm³/mol. The molecule has 16 nitrogen and oxygen atoms in total. The van der Waals surface area contributed by atoms with Gasteiger partial charge in [0.05, 0.1) is 35.4 Å². The van der Waals surface area contributed by atoms with Crippen molar-refractivity contribution in [1.82, 2.24) is 34.8 Å². The van der Waals surface area contributed by atoms with Crippen molar-refractivity contribution in [2.24, 2.45) is 23.9 Å². The fraction of sp³-hybridized carbons (Fsp3) is 0.457. The van der Waals surface area contributed by atoms with Crippen molar-refractivity contribution in [1.29, 1.82) is 0 Å². The first kappa shape index (κ1) is 40.0. The number of carbonyl (C=O) groups is 4. The van der Waals surface area contributed by atoms with E-state index in [4.69, 9.17) is 9.72 Å². The van der Waals surface area contributed by atoms with Gasteiger partial charge < -0.3 is 29.7 Å². The number of pyridine rings is 1. The number of imide groups is 1. The van der Waals surface area contributed by atoms with Gasteiger partial charge in [0.2, 0.25) is 23.7 Å². The number of hydrogen-bond acceptors (Lipinski definition) is 12. The van der Waals surface area contributed by atoms with Gasteiger partial charge in [-0.15, -0.1) is 0 Å². The van der Waals surface area contributed by atoms with E-state index >= 15 is 0 Å². The maximum atomic E-state index is 13.8. The van der Waals surface area contributed by atoms with Crippen LogP contribution in [0.25, 0.3) is 11.3 Å². The fourth-order valence-corrected chi connectivity index (χ4v) is 9.85. The molecule has 4 amide bonds. The Balaban J connectivity index is 0.748. The molecular formula is C46H53N11O5. The first-order valence-electron chi connectivity index (χ1n) is 21.9. The largest absolute Gasteiger partial charge is 0.477 e. The summed E-state index contributed by atoms with van der Waals surface area (Å²) in [7, 11) is 1.85. The number of benzene rings is 2. The summed E-state index contributed by atoms with van der Waals surface area (Å²) >= 11 is 0. The highest BCUT2D eigenvalue weighted by molar-refractivity contribution is 6.19. The Morgan fingerprint density at radius 2 is 1.71 bits per heavy atom. The van der Waals surface area contributed by atoms with Crippen molar-refractivity contribution >= 4 is 46.7 Å². The molecule has 16 heteroatoms. The Bertz CT molecular complexity index is 2490. The lowest BCUT2D eigenvalue weighted by atomic mass is 9.97. The van der Waals surface area contributed by atoms with Crippen molar-refractivity contribution in [3.05, 3.63) is 82.7 Å². The number of hydrogen-bond donors (Lipinski definition) is 2. The van der Waals surface area contributed by atoms with Gasteiger partial charge in [-0.25, -0.2) is 4.68 Å². The van der Waals surface area contributed by atoms with Gasteiger partial charge >= 0.3 is 0 Å². The Hall–Kier alpha value is -6.13. The highest BCUT2D eigenvalue weighted by atomic mass is 16.5. The lowest BCUT2D eigenvalue weighted by molar-refractivity contribution is -0.136. The lowest BCUT2D eigenvalue weighted by Gasteiger charge is -2.45. The van der Waals surface area contributed by atoms with Gasteiger partial charge in [0.25, 0.3) is 11.8 Å². The summed E-state index contributed by atoms with van der Waals surface area (Å²) in [6.07, 6.45) is 4.17. The van der Waals surface area contributed by atoms with Gasteiger partial charge in [-0.3, -0.25) is 34.4 Å². The number of aliphatic imine (C=N–C) groups is 1. The number of rotatable bonds is 6. The molecule has 0 saturated carbocycles. The fourth-order valence-electron chi connectivity index (χ4n) is 9.85. The van der Waals surface area contributed by atoms with Gasteiger partial charge in [-0.05, 0) is 85.7 Å². The van der Waals surface area contributed by atoms with E-state index in [9.17, 15) is 19.2 Å². The molecule has 3 fully saturated rings. The number of piperidine rings is 1. The van der Waals surface area contributed by atoms with Gasteiger partial charge in [0.15, 0.2) is 0 Å². The van der Waals surface area contributed by atoms with E-state index in [-0.39, 0.29) is 30.0 Å². The zero-order chi connectivity index (χ0) is 42.6. The molecule has 4 aromatic rings. The Kier molecular flexibility index (Phi) is 10.5. The molecule has 6 aliphatic rings. The van der Waals surface area contributed by atoms with E-state index in [2.05, 4.69) is 71.5 Å². The SMILES string of the molecule is Cc1cc2cc(n1)-c1cnn(C)c1OCCC[C@@H](C)CN1/C(=N/C2=O)Nc2ccc(CN3CCN(CC4CN(c5ccc6c(c5)CN(C5CCC(=O)NC5=O)C6=O)C4)CC3)cc21. The van der Waals surface area contributed by atoms with Crippen molar-refractivity contribution in [2.45, 2.75) is 58.7 Å². The number of aryl methyl sites for hydroxylation is 2. The van der Waals surface area contributed by atoms with Crippen molar-refractivity contribution in [2.75, 3.05) is 74.1 Å². The van der Waals surface area contributed by atoms with Crippen molar-refractivity contribution in [3.8, 4) is 17.1 Å². The smallest absolute Gasteiger partial charge is 0.280 e. The van der Waals surface area contributed by atoms with Crippen molar-refractivity contribution < 1.29 is 23.9 Å². The van der Waals surface area contributed by atoms with Crippen LogP contribution < -0.4 is 25.2 Å². The minimum Gasteiger partial charge on any atom is -0.477 e. The summed E-state index contributed by atoms with van der Waals surface area (Å²) in [6.45, 7) is 13.6. The van der Waals surface area contributed by atoms with Crippen LogP contribution in [-0.4, -0.2) is 124 Å². The Morgan fingerprint density at radius 3 is 2.53 bits per heavy atom. The number of aromatic nitrogens is 3. The molecule has 1 unspecified atom stereocenters. The monoisotopic (exact) mass is 839 g/mol. The summed E-state index contributed by atoms with van der Waals surface area (Å²) in [6, 6.07) is 15.5. The summed E-state index contributed by atoms with van der Waals surface area (Å²) in [4.78, 5) is 71.8. The predicted octanol–water partition coefficient (Wildman–Crippen LogP) is 4.04. The van der Waals surface area contributed by atoms with Crippen LogP contribution in [0.2, 0.25) is 0 Å². The normalized spacial score (nSPS) is 23.2. The Labute approximate surface area is 360 Å². The number of carbonyl (C=O) groups excluding carboxylic acids is 4. The molecule has 2 N–H and O–H groups in total. The second kappa shape index (κ2) is 16.3. The molecule has 8 heterocycles. The third-order valence-electron chi connectivity index (χ3n) is 13.2. The van der Waals surface area contributed by atoms with Crippen LogP contribution in [0.5, 0.6) is 5.88 Å². The van der Waals surface area contributed by atoms with Crippen LogP contribution in [0.4, 0.5) is 17.1 Å². The standard InChI is InChI=1S/C46H53N11O5/c1-28-5-4-16-62-45-36(21-47-52(45)3)38-20-32(17-29(2)48-38)42(59)51-46-49-37-9-6-30(18-40(37)57(46)22-28)23-53-12-14-54(15-13-53)24-31-25-55(26-31)34-7-8-35-33(19-34)27-56(44(35)61)39-10-11-41(58)50-43(39)60/h6-9,17-21,28,31,39H,4-5,10-16,22-27H2,1-3H3,(H,49,51,59)(H,50,58,60)/t28-,39?/m1/s1. The minimum absolute atomic E-state index is 0.136. The molecule has 322 valence electrons. The zero-order valence-corrected chi connectivity index (χ0v) is 35.6. The first-order valence-corrected chi connectivity index (χ1v) is 21.9. The molecule has 2 aromatic carbocycles. The first-order chi connectivity index (χ1) is 30.0. The van der Waals surface area contributed by atoms with Crippen LogP contribution in [0, 0.1) is 18.8 Å². The van der Waals surface area contributed by atoms with Crippen LogP contribution in [0.1, 0.15) is 70.1 Å². The van der Waals surface area contributed by atoms with Crippen molar-refractivity contribution in [3.63, 3.8) is 0 Å². The van der Waals surface area contributed by atoms with E-state index in [1.165, 1.54) is 5.56 Å². The summed E-state index contributed by atoms with van der Waals surface area (Å²) in [5, 5.41) is 10.3. The van der Waals surface area contributed by atoms with E-state index in [1.54, 1.807) is 27.9 Å². The van der Waals surface area contributed by atoms with Crippen LogP contribution >= 0.6 is 0 Å². The maximum Gasteiger partial charge on any atom is 0.280 e. The highest BCUT2D eigenvalue weighted by Crippen LogP contribution is 2.37. The highest BCUT2D eigenvalue weighted by Gasteiger charge is 2.40. The maximum absolute atomic E-state index is 13.8. The number of nitrogens with one attached hydrogen (secondary N) is 2. The van der Waals surface area contributed by atoms with Gasteiger partial charge in [0.1, 0.15) is 6.04 Å². The summed E-state index contributed by atoms with van der Waals surface area (Å²) in [5.74, 6) is 0.944. The van der Waals surface area contributed by atoms with Crippen LogP contribution in [0.3, 0.4) is 0 Å².